The maximum Gasteiger partial charge on any atom is 0.258 e. The summed E-state index contributed by atoms with van der Waals surface area (Å²) in [5, 5.41) is 9.95. The first-order chi connectivity index (χ1) is 9.56. The van der Waals surface area contributed by atoms with Crippen LogP contribution < -0.4 is 4.74 Å². The number of halogens is 1. The molecule has 2 atom stereocenters. The second-order valence-corrected chi connectivity index (χ2v) is 5.11. The van der Waals surface area contributed by atoms with Crippen LogP contribution in [0.2, 0.25) is 0 Å². The minimum atomic E-state index is -0.226. The average molecular weight is 300 g/mol. The Labute approximate surface area is 123 Å². The Bertz CT molecular complexity index is 494. The normalized spacial score (nSPS) is 22.6. The largest absolute Gasteiger partial charge is 0.507 e. The molecule has 0 aromatic heterocycles. The number of phenolic OH excluding ortho intramolecular Hbond substituents is 1. The first kappa shape index (κ1) is 14.9. The zero-order valence-corrected chi connectivity index (χ0v) is 12.3. The van der Waals surface area contributed by atoms with Gasteiger partial charge in [0.1, 0.15) is 11.5 Å². The molecule has 5 nitrogen and oxygen atoms in total. The van der Waals surface area contributed by atoms with Crippen LogP contribution in [-0.4, -0.2) is 54.2 Å². The molecule has 20 heavy (non-hydrogen) atoms. The molecule has 1 aliphatic rings. The van der Waals surface area contributed by atoms with Gasteiger partial charge in [-0.25, -0.2) is 0 Å². The number of nitrogens with zero attached hydrogens (tertiary/aromatic N) is 1. The molecule has 1 aromatic carbocycles. The third-order valence-electron chi connectivity index (χ3n) is 3.37. The molecule has 0 spiro atoms. The van der Waals surface area contributed by atoms with E-state index in [0.29, 0.717) is 24.8 Å². The third-order valence-corrected chi connectivity index (χ3v) is 3.72. The quantitative estimate of drug-likeness (QED) is 0.866. The molecular formula is C14H18ClNO4. The SMILES string of the molecule is COc1ccc(C(=O)N2CC(CCl)OCC2C)c(O)c1. The lowest BCUT2D eigenvalue weighted by Crippen LogP contribution is -2.51. The van der Waals surface area contributed by atoms with Crippen LogP contribution in [-0.2, 0) is 4.74 Å². The minimum Gasteiger partial charge on any atom is -0.507 e. The number of methoxy groups -OCH3 is 1. The molecule has 1 aliphatic heterocycles. The highest BCUT2D eigenvalue weighted by molar-refractivity contribution is 6.18. The maximum atomic E-state index is 12.5. The van der Waals surface area contributed by atoms with Crippen molar-refractivity contribution in [2.75, 3.05) is 26.1 Å². The fourth-order valence-electron chi connectivity index (χ4n) is 2.17. The number of carbonyl (C=O) groups is 1. The zero-order chi connectivity index (χ0) is 14.7. The van der Waals surface area contributed by atoms with Crippen molar-refractivity contribution in [2.45, 2.75) is 19.1 Å². The first-order valence-corrected chi connectivity index (χ1v) is 6.95. The average Bonchev–Trinajstić information content (AvgIpc) is 2.47. The number of rotatable bonds is 3. The van der Waals surface area contributed by atoms with Crippen LogP contribution in [0.1, 0.15) is 17.3 Å². The Kier molecular flexibility index (Phi) is 4.73. The number of amides is 1. The second kappa shape index (κ2) is 6.33. The van der Waals surface area contributed by atoms with Crippen LogP contribution in [0.4, 0.5) is 0 Å². The van der Waals surface area contributed by atoms with Crippen LogP contribution in [0.3, 0.4) is 0 Å². The minimum absolute atomic E-state index is 0.0523. The summed E-state index contributed by atoms with van der Waals surface area (Å²) >= 11 is 5.79. The van der Waals surface area contributed by atoms with Crippen molar-refractivity contribution in [1.82, 2.24) is 4.90 Å². The van der Waals surface area contributed by atoms with Gasteiger partial charge in [-0.3, -0.25) is 4.79 Å². The van der Waals surface area contributed by atoms with Gasteiger partial charge in [-0.05, 0) is 19.1 Å². The van der Waals surface area contributed by atoms with Gasteiger partial charge in [-0.2, -0.15) is 0 Å². The summed E-state index contributed by atoms with van der Waals surface area (Å²) in [5.41, 5.74) is 0.257. The lowest BCUT2D eigenvalue weighted by atomic mass is 10.1. The number of ether oxygens (including phenoxy) is 2. The Hall–Kier alpha value is -1.46. The molecule has 1 aromatic rings. The molecule has 0 bridgehead atoms. The molecule has 2 unspecified atom stereocenters. The lowest BCUT2D eigenvalue weighted by Gasteiger charge is -2.37. The van der Waals surface area contributed by atoms with Gasteiger partial charge in [0.05, 0.1) is 37.3 Å². The summed E-state index contributed by atoms with van der Waals surface area (Å²) in [4.78, 5) is 14.2. The van der Waals surface area contributed by atoms with Crippen LogP contribution >= 0.6 is 11.6 Å². The molecule has 0 saturated carbocycles. The van der Waals surface area contributed by atoms with Crippen molar-refractivity contribution in [2.24, 2.45) is 0 Å². The monoisotopic (exact) mass is 299 g/mol. The molecule has 1 fully saturated rings. The van der Waals surface area contributed by atoms with Crippen molar-refractivity contribution in [3.8, 4) is 11.5 Å². The summed E-state index contributed by atoms with van der Waals surface area (Å²) in [7, 11) is 1.51. The van der Waals surface area contributed by atoms with E-state index >= 15 is 0 Å². The van der Waals surface area contributed by atoms with E-state index < -0.39 is 0 Å². The highest BCUT2D eigenvalue weighted by atomic mass is 35.5. The maximum absolute atomic E-state index is 12.5. The number of carbonyl (C=O) groups excluding carboxylic acids is 1. The van der Waals surface area contributed by atoms with E-state index in [1.165, 1.54) is 13.2 Å². The molecular weight excluding hydrogens is 282 g/mol. The molecule has 1 saturated heterocycles. The van der Waals surface area contributed by atoms with E-state index in [1.807, 2.05) is 6.92 Å². The number of phenols is 1. The Morgan fingerprint density at radius 3 is 2.95 bits per heavy atom. The topological polar surface area (TPSA) is 59.0 Å². The van der Waals surface area contributed by atoms with E-state index in [4.69, 9.17) is 21.1 Å². The van der Waals surface area contributed by atoms with Crippen molar-refractivity contribution in [1.29, 1.82) is 0 Å². The lowest BCUT2D eigenvalue weighted by molar-refractivity contribution is -0.0372. The van der Waals surface area contributed by atoms with Crippen LogP contribution in [0, 0.1) is 0 Å². The Morgan fingerprint density at radius 1 is 1.60 bits per heavy atom. The van der Waals surface area contributed by atoms with Gasteiger partial charge in [0.2, 0.25) is 0 Å². The van der Waals surface area contributed by atoms with Crippen molar-refractivity contribution in [3.05, 3.63) is 23.8 Å². The summed E-state index contributed by atoms with van der Waals surface area (Å²) in [6, 6.07) is 4.59. The molecule has 110 valence electrons. The van der Waals surface area contributed by atoms with Gasteiger partial charge >= 0.3 is 0 Å². The summed E-state index contributed by atoms with van der Waals surface area (Å²) in [6.45, 7) is 2.78. The van der Waals surface area contributed by atoms with Crippen molar-refractivity contribution >= 4 is 17.5 Å². The number of hydrogen-bond donors (Lipinski definition) is 1. The molecule has 0 radical (unpaired) electrons. The van der Waals surface area contributed by atoms with Gasteiger partial charge in [-0.1, -0.05) is 0 Å². The Balaban J connectivity index is 2.21. The van der Waals surface area contributed by atoms with Crippen molar-refractivity contribution in [3.63, 3.8) is 0 Å². The van der Waals surface area contributed by atoms with E-state index in [2.05, 4.69) is 0 Å². The van der Waals surface area contributed by atoms with Crippen molar-refractivity contribution < 1.29 is 19.4 Å². The predicted molar refractivity (Wildman–Crippen MR) is 75.6 cm³/mol. The van der Waals surface area contributed by atoms with Gasteiger partial charge in [0.25, 0.3) is 5.91 Å². The number of benzene rings is 1. The fourth-order valence-corrected chi connectivity index (χ4v) is 2.35. The van der Waals surface area contributed by atoms with Crippen LogP contribution in [0.15, 0.2) is 18.2 Å². The van der Waals surface area contributed by atoms with E-state index in [0.717, 1.165) is 0 Å². The Morgan fingerprint density at radius 2 is 2.35 bits per heavy atom. The summed E-state index contributed by atoms with van der Waals surface area (Å²) < 4.78 is 10.5. The van der Waals surface area contributed by atoms with Gasteiger partial charge < -0.3 is 19.5 Å². The zero-order valence-electron chi connectivity index (χ0n) is 11.5. The second-order valence-electron chi connectivity index (χ2n) is 4.80. The van der Waals surface area contributed by atoms with Gasteiger partial charge in [0.15, 0.2) is 0 Å². The number of hydrogen-bond acceptors (Lipinski definition) is 4. The number of aromatic hydroxyl groups is 1. The summed E-state index contributed by atoms with van der Waals surface area (Å²) in [6.07, 6.45) is -0.169. The van der Waals surface area contributed by atoms with Crippen LogP contribution in [0.25, 0.3) is 0 Å². The fraction of sp³-hybridized carbons (Fsp3) is 0.500. The molecule has 2 rings (SSSR count). The number of alkyl halides is 1. The predicted octanol–water partition coefficient (Wildman–Crippen LogP) is 1.87. The van der Waals surface area contributed by atoms with Gasteiger partial charge in [0, 0.05) is 12.6 Å². The third kappa shape index (κ3) is 2.99. The molecule has 1 heterocycles. The van der Waals surface area contributed by atoms with Crippen LogP contribution in [0.5, 0.6) is 11.5 Å². The smallest absolute Gasteiger partial charge is 0.258 e. The molecule has 1 N–H and O–H groups in total. The highest BCUT2D eigenvalue weighted by Crippen LogP contribution is 2.26. The van der Waals surface area contributed by atoms with Gasteiger partial charge in [-0.15, -0.1) is 11.6 Å². The molecule has 6 heteroatoms. The molecule has 1 amide bonds. The van der Waals surface area contributed by atoms with E-state index in [9.17, 15) is 9.90 Å². The van der Waals surface area contributed by atoms with E-state index in [1.54, 1.807) is 17.0 Å². The highest BCUT2D eigenvalue weighted by Gasteiger charge is 2.31. The number of morpholine rings is 1. The molecule has 0 aliphatic carbocycles. The first-order valence-electron chi connectivity index (χ1n) is 6.42. The van der Waals surface area contributed by atoms with E-state index in [-0.39, 0.29) is 29.4 Å². The standard InChI is InChI=1S/C14H18ClNO4/c1-9-8-20-11(6-15)7-16(9)14(18)12-4-3-10(19-2)5-13(12)17/h3-5,9,11,17H,6-8H2,1-2H3. The summed E-state index contributed by atoms with van der Waals surface area (Å²) in [5.74, 6) is 0.532.